The summed E-state index contributed by atoms with van der Waals surface area (Å²) in [5, 5.41) is 12.6. The van der Waals surface area contributed by atoms with E-state index in [1.807, 2.05) is 6.08 Å². The SMILES string of the molecule is C=CCN(CC)CC1CC(O)CN1. The van der Waals surface area contributed by atoms with E-state index in [4.69, 9.17) is 0 Å². The second-order valence-electron chi connectivity index (χ2n) is 3.64. The summed E-state index contributed by atoms with van der Waals surface area (Å²) in [5.74, 6) is 0. The second kappa shape index (κ2) is 5.37. The molecule has 0 amide bonds. The Morgan fingerprint density at radius 1 is 1.69 bits per heavy atom. The number of likely N-dealkylation sites (N-methyl/N-ethyl adjacent to an activating group) is 1. The summed E-state index contributed by atoms with van der Waals surface area (Å²) in [6, 6.07) is 0.454. The van der Waals surface area contributed by atoms with Gasteiger partial charge in [-0.1, -0.05) is 13.0 Å². The molecule has 1 fully saturated rings. The topological polar surface area (TPSA) is 35.5 Å². The molecule has 2 atom stereocenters. The minimum atomic E-state index is -0.146. The quantitative estimate of drug-likeness (QED) is 0.600. The van der Waals surface area contributed by atoms with Gasteiger partial charge in [0.05, 0.1) is 6.10 Å². The Hall–Kier alpha value is -0.380. The Morgan fingerprint density at radius 2 is 2.46 bits per heavy atom. The molecule has 13 heavy (non-hydrogen) atoms. The van der Waals surface area contributed by atoms with Gasteiger partial charge in [-0.05, 0) is 13.0 Å². The molecule has 1 rings (SSSR count). The third-order valence-corrected chi connectivity index (χ3v) is 2.51. The van der Waals surface area contributed by atoms with Crippen LogP contribution in [0.25, 0.3) is 0 Å². The lowest BCUT2D eigenvalue weighted by Gasteiger charge is -2.22. The van der Waals surface area contributed by atoms with Crippen LogP contribution in [0.1, 0.15) is 13.3 Å². The van der Waals surface area contributed by atoms with Gasteiger partial charge in [0, 0.05) is 25.7 Å². The zero-order chi connectivity index (χ0) is 9.68. The lowest BCUT2D eigenvalue weighted by Crippen LogP contribution is -2.37. The van der Waals surface area contributed by atoms with Crippen LogP contribution in [0.15, 0.2) is 12.7 Å². The molecule has 0 aromatic heterocycles. The molecule has 0 aromatic rings. The highest BCUT2D eigenvalue weighted by atomic mass is 16.3. The van der Waals surface area contributed by atoms with Crippen molar-refractivity contribution < 1.29 is 5.11 Å². The van der Waals surface area contributed by atoms with Crippen LogP contribution in [0, 0.1) is 0 Å². The molecule has 2 N–H and O–H groups in total. The Balaban J connectivity index is 2.25. The van der Waals surface area contributed by atoms with Gasteiger partial charge in [-0.15, -0.1) is 6.58 Å². The summed E-state index contributed by atoms with van der Waals surface area (Å²) in [7, 11) is 0. The van der Waals surface area contributed by atoms with E-state index in [9.17, 15) is 5.11 Å². The molecule has 1 saturated heterocycles. The van der Waals surface area contributed by atoms with Gasteiger partial charge in [-0.3, -0.25) is 4.90 Å². The fourth-order valence-electron chi connectivity index (χ4n) is 1.76. The van der Waals surface area contributed by atoms with Crippen LogP contribution in [-0.4, -0.2) is 48.3 Å². The third-order valence-electron chi connectivity index (χ3n) is 2.51. The average Bonchev–Trinajstić information content (AvgIpc) is 2.50. The lowest BCUT2D eigenvalue weighted by atomic mass is 10.2. The van der Waals surface area contributed by atoms with E-state index in [2.05, 4.69) is 23.7 Å². The zero-order valence-electron chi connectivity index (χ0n) is 8.37. The zero-order valence-corrected chi connectivity index (χ0v) is 8.37. The standard InChI is InChI=1S/C10H20N2O/c1-3-5-12(4-2)8-9-6-10(13)7-11-9/h3,9-11,13H,1,4-8H2,2H3. The fourth-order valence-corrected chi connectivity index (χ4v) is 1.76. The van der Waals surface area contributed by atoms with E-state index in [1.165, 1.54) is 0 Å². The summed E-state index contributed by atoms with van der Waals surface area (Å²) >= 11 is 0. The normalized spacial score (nSPS) is 28.2. The summed E-state index contributed by atoms with van der Waals surface area (Å²) in [5.41, 5.74) is 0. The minimum absolute atomic E-state index is 0.146. The van der Waals surface area contributed by atoms with Crippen LogP contribution in [-0.2, 0) is 0 Å². The number of rotatable bonds is 5. The molecule has 0 spiro atoms. The van der Waals surface area contributed by atoms with Crippen molar-refractivity contribution in [3.63, 3.8) is 0 Å². The maximum Gasteiger partial charge on any atom is 0.0680 e. The van der Waals surface area contributed by atoms with E-state index < -0.39 is 0 Å². The number of aliphatic hydroxyl groups is 1. The van der Waals surface area contributed by atoms with Gasteiger partial charge >= 0.3 is 0 Å². The monoisotopic (exact) mass is 184 g/mol. The van der Waals surface area contributed by atoms with Crippen molar-refractivity contribution in [3.05, 3.63) is 12.7 Å². The van der Waals surface area contributed by atoms with E-state index in [0.717, 1.165) is 32.6 Å². The summed E-state index contributed by atoms with van der Waals surface area (Å²) in [6.45, 7) is 9.61. The summed E-state index contributed by atoms with van der Waals surface area (Å²) in [4.78, 5) is 2.32. The Bertz CT molecular complexity index is 161. The molecular weight excluding hydrogens is 164 g/mol. The summed E-state index contributed by atoms with van der Waals surface area (Å²) < 4.78 is 0. The van der Waals surface area contributed by atoms with Crippen LogP contribution in [0.5, 0.6) is 0 Å². The van der Waals surface area contributed by atoms with Gasteiger partial charge in [0.1, 0.15) is 0 Å². The van der Waals surface area contributed by atoms with E-state index in [-0.39, 0.29) is 6.10 Å². The van der Waals surface area contributed by atoms with E-state index in [1.54, 1.807) is 0 Å². The van der Waals surface area contributed by atoms with Gasteiger partial charge in [-0.2, -0.15) is 0 Å². The van der Waals surface area contributed by atoms with Gasteiger partial charge in [0.25, 0.3) is 0 Å². The first-order valence-corrected chi connectivity index (χ1v) is 5.01. The number of aliphatic hydroxyl groups excluding tert-OH is 1. The van der Waals surface area contributed by atoms with Gasteiger partial charge in [0.15, 0.2) is 0 Å². The molecule has 3 heteroatoms. The maximum absolute atomic E-state index is 9.31. The van der Waals surface area contributed by atoms with Crippen LogP contribution in [0.2, 0.25) is 0 Å². The molecule has 0 aliphatic carbocycles. The Labute approximate surface area is 80.4 Å². The van der Waals surface area contributed by atoms with E-state index in [0.29, 0.717) is 6.04 Å². The van der Waals surface area contributed by atoms with Crippen molar-refractivity contribution in [3.8, 4) is 0 Å². The fraction of sp³-hybridized carbons (Fsp3) is 0.800. The predicted molar refractivity (Wildman–Crippen MR) is 54.7 cm³/mol. The van der Waals surface area contributed by atoms with Crippen molar-refractivity contribution >= 4 is 0 Å². The van der Waals surface area contributed by atoms with Crippen LogP contribution in [0.4, 0.5) is 0 Å². The molecule has 0 bridgehead atoms. The highest BCUT2D eigenvalue weighted by Gasteiger charge is 2.22. The minimum Gasteiger partial charge on any atom is -0.392 e. The molecule has 0 saturated carbocycles. The molecule has 1 aliphatic rings. The van der Waals surface area contributed by atoms with Crippen molar-refractivity contribution in [1.82, 2.24) is 10.2 Å². The smallest absolute Gasteiger partial charge is 0.0680 e. The molecule has 2 unspecified atom stereocenters. The molecular formula is C10H20N2O. The van der Waals surface area contributed by atoms with Crippen molar-refractivity contribution in [2.45, 2.75) is 25.5 Å². The maximum atomic E-state index is 9.31. The number of hydrogen-bond acceptors (Lipinski definition) is 3. The lowest BCUT2D eigenvalue weighted by molar-refractivity contribution is 0.189. The predicted octanol–water partition coefficient (Wildman–Crippen LogP) is 0.217. The molecule has 1 heterocycles. The van der Waals surface area contributed by atoms with Crippen molar-refractivity contribution in [1.29, 1.82) is 0 Å². The Kier molecular flexibility index (Phi) is 4.42. The first kappa shape index (κ1) is 10.7. The largest absolute Gasteiger partial charge is 0.392 e. The van der Waals surface area contributed by atoms with Crippen molar-refractivity contribution in [2.24, 2.45) is 0 Å². The third kappa shape index (κ3) is 3.46. The van der Waals surface area contributed by atoms with Crippen LogP contribution >= 0.6 is 0 Å². The number of nitrogens with one attached hydrogen (secondary N) is 1. The highest BCUT2D eigenvalue weighted by Crippen LogP contribution is 2.07. The highest BCUT2D eigenvalue weighted by molar-refractivity contribution is 4.85. The second-order valence-corrected chi connectivity index (χ2v) is 3.64. The molecule has 76 valence electrons. The van der Waals surface area contributed by atoms with Gasteiger partial charge in [-0.25, -0.2) is 0 Å². The van der Waals surface area contributed by atoms with Crippen LogP contribution < -0.4 is 5.32 Å². The number of β-amino-alcohol motifs (C(OH)–C–C–N with tert-alkyl or cyclic N) is 1. The number of hydrogen-bond donors (Lipinski definition) is 2. The number of nitrogens with zero attached hydrogens (tertiary/aromatic N) is 1. The molecule has 3 nitrogen and oxygen atoms in total. The Morgan fingerprint density at radius 3 is 2.92 bits per heavy atom. The van der Waals surface area contributed by atoms with Crippen LogP contribution in [0.3, 0.4) is 0 Å². The average molecular weight is 184 g/mol. The molecule has 0 radical (unpaired) electrons. The van der Waals surface area contributed by atoms with E-state index >= 15 is 0 Å². The first-order chi connectivity index (χ1) is 6.26. The van der Waals surface area contributed by atoms with Crippen molar-refractivity contribution in [2.75, 3.05) is 26.2 Å². The van der Waals surface area contributed by atoms with Gasteiger partial charge in [0.2, 0.25) is 0 Å². The molecule has 0 aromatic carbocycles. The summed E-state index contributed by atoms with van der Waals surface area (Å²) in [6.07, 6.45) is 2.66. The first-order valence-electron chi connectivity index (χ1n) is 5.01. The molecule has 1 aliphatic heterocycles. The van der Waals surface area contributed by atoms with Gasteiger partial charge < -0.3 is 10.4 Å².